The number of benzene rings is 3. The van der Waals surface area contributed by atoms with E-state index in [2.05, 4.69) is 98.3 Å². The highest BCUT2D eigenvalue weighted by molar-refractivity contribution is 5.90. The molecule has 2 aliphatic heterocycles. The van der Waals surface area contributed by atoms with Crippen LogP contribution in [0.5, 0.6) is 0 Å². The third-order valence-corrected chi connectivity index (χ3v) is 9.81. The van der Waals surface area contributed by atoms with Crippen molar-refractivity contribution in [2.75, 3.05) is 13.1 Å². The number of amides is 2. The molecule has 5 aromatic rings. The minimum absolute atomic E-state index is 0.0256. The van der Waals surface area contributed by atoms with Gasteiger partial charge in [0.2, 0.25) is 11.8 Å². The number of rotatable bonds is 9. The monoisotopic (exact) mass is 642 g/mol. The van der Waals surface area contributed by atoms with Crippen LogP contribution >= 0.6 is 0 Å². The molecule has 3 aromatic carbocycles. The number of imidazole rings is 2. The molecule has 8 heteroatoms. The Morgan fingerprint density at radius 3 is 1.60 bits per heavy atom. The predicted octanol–water partition coefficient (Wildman–Crippen LogP) is 8.71. The van der Waals surface area contributed by atoms with Gasteiger partial charge in [-0.2, -0.15) is 0 Å². The summed E-state index contributed by atoms with van der Waals surface area (Å²) in [7, 11) is 0. The fourth-order valence-electron chi connectivity index (χ4n) is 7.37. The van der Waals surface area contributed by atoms with E-state index in [9.17, 15) is 9.59 Å². The first kappa shape index (κ1) is 31.9. The Morgan fingerprint density at radius 2 is 1.08 bits per heavy atom. The topological polar surface area (TPSA) is 98.0 Å². The molecule has 0 unspecified atom stereocenters. The lowest BCUT2D eigenvalue weighted by Gasteiger charge is -2.24. The van der Waals surface area contributed by atoms with Crippen molar-refractivity contribution in [2.24, 2.45) is 11.8 Å². The summed E-state index contributed by atoms with van der Waals surface area (Å²) in [5, 5.41) is 2.34. The second-order valence-electron chi connectivity index (χ2n) is 14.4. The van der Waals surface area contributed by atoms with Crippen molar-refractivity contribution in [3.05, 3.63) is 84.7 Å². The van der Waals surface area contributed by atoms with Gasteiger partial charge in [-0.05, 0) is 77.1 Å². The van der Waals surface area contributed by atoms with Crippen LogP contribution in [0.4, 0.5) is 0 Å². The van der Waals surface area contributed by atoms with Gasteiger partial charge < -0.3 is 19.8 Å². The fourth-order valence-corrected chi connectivity index (χ4v) is 7.37. The summed E-state index contributed by atoms with van der Waals surface area (Å²) in [5.74, 6) is 2.89. The molecule has 2 aromatic heterocycles. The predicted molar refractivity (Wildman–Crippen MR) is 191 cm³/mol. The molecule has 0 radical (unpaired) electrons. The number of aromatic amines is 2. The van der Waals surface area contributed by atoms with E-state index in [1.165, 1.54) is 5.39 Å². The second kappa shape index (κ2) is 13.4. The quantitative estimate of drug-likeness (QED) is 0.168. The van der Waals surface area contributed by atoms with Gasteiger partial charge in [0.1, 0.15) is 11.6 Å². The fraction of sp³-hybridized carbons (Fsp3) is 0.400. The Balaban J connectivity index is 1.04. The van der Waals surface area contributed by atoms with E-state index in [0.717, 1.165) is 89.4 Å². The Hall–Kier alpha value is -4.72. The molecule has 2 fully saturated rings. The van der Waals surface area contributed by atoms with E-state index < -0.39 is 0 Å². The van der Waals surface area contributed by atoms with Crippen molar-refractivity contribution >= 4 is 22.6 Å². The number of carbonyl (C=O) groups excluding carboxylic acids is 2. The van der Waals surface area contributed by atoms with Gasteiger partial charge >= 0.3 is 0 Å². The van der Waals surface area contributed by atoms with E-state index in [1.807, 2.05) is 22.2 Å². The molecule has 2 saturated heterocycles. The molecule has 7 rings (SSSR count). The summed E-state index contributed by atoms with van der Waals surface area (Å²) in [4.78, 5) is 46.1. The van der Waals surface area contributed by atoms with Crippen molar-refractivity contribution in [2.45, 2.75) is 78.3 Å². The first-order chi connectivity index (χ1) is 23.2. The lowest BCUT2D eigenvalue weighted by atomic mass is 9.98. The Labute approximate surface area is 283 Å². The van der Waals surface area contributed by atoms with Crippen LogP contribution in [0.3, 0.4) is 0 Å². The number of nitrogens with zero attached hydrogens (tertiary/aromatic N) is 4. The first-order valence-electron chi connectivity index (χ1n) is 17.6. The SMILES string of the molecule is CC(C)CC(=O)N1CCC[C@H]1c1ncc(-c2ccc(-c3ccc4cc(-c5cnc([C@@H]6CCCN6C(=O)CC(C)C)[nH]5)ccc4c3)cc2)[nH]1. The number of hydrogen-bond acceptors (Lipinski definition) is 4. The van der Waals surface area contributed by atoms with E-state index in [-0.39, 0.29) is 23.9 Å². The van der Waals surface area contributed by atoms with Crippen molar-refractivity contribution < 1.29 is 9.59 Å². The van der Waals surface area contributed by atoms with Crippen LogP contribution in [0.25, 0.3) is 44.4 Å². The van der Waals surface area contributed by atoms with Crippen LogP contribution in [0.2, 0.25) is 0 Å². The minimum Gasteiger partial charge on any atom is -0.340 e. The van der Waals surface area contributed by atoms with Crippen LogP contribution in [-0.2, 0) is 9.59 Å². The molecule has 2 N–H and O–H groups in total. The Kier molecular flexibility index (Phi) is 8.90. The molecule has 2 amide bonds. The number of aromatic nitrogens is 4. The highest BCUT2D eigenvalue weighted by Crippen LogP contribution is 2.35. The van der Waals surface area contributed by atoms with E-state index in [1.54, 1.807) is 0 Å². The standard InChI is InChI=1S/C40H46N6O2/c1-25(2)19-37(47)45-17-5-7-35(45)39-41-23-33(43-39)28-11-9-27(10-12-28)29-13-14-31-22-32(16-15-30(31)21-29)34-24-42-40(44-34)36-8-6-18-46(36)38(48)20-26(3)4/h9-16,21-26,35-36H,5-8,17-20H2,1-4H3,(H,41,43)(H,42,44)/t35-,36-/m0/s1. The average molecular weight is 643 g/mol. The number of likely N-dealkylation sites (tertiary alicyclic amines) is 2. The average Bonchev–Trinajstić information content (AvgIpc) is 3.89. The van der Waals surface area contributed by atoms with Crippen LogP contribution in [0, 0.1) is 11.8 Å². The number of fused-ring (bicyclic) bond motifs is 1. The summed E-state index contributed by atoms with van der Waals surface area (Å²) < 4.78 is 0. The summed E-state index contributed by atoms with van der Waals surface area (Å²) in [6.45, 7) is 9.97. The highest BCUT2D eigenvalue weighted by atomic mass is 16.2. The van der Waals surface area contributed by atoms with Crippen LogP contribution < -0.4 is 0 Å². The maximum absolute atomic E-state index is 12.8. The molecule has 0 aliphatic carbocycles. The summed E-state index contributed by atoms with van der Waals surface area (Å²) in [5.41, 5.74) is 6.41. The zero-order valence-corrected chi connectivity index (χ0v) is 28.5. The summed E-state index contributed by atoms with van der Waals surface area (Å²) in [6.07, 6.45) is 8.86. The summed E-state index contributed by atoms with van der Waals surface area (Å²) in [6, 6.07) is 21.7. The Bertz CT molecular complexity index is 1920. The van der Waals surface area contributed by atoms with Gasteiger partial charge in [-0.1, -0.05) is 76.2 Å². The Morgan fingerprint density at radius 1 is 0.646 bits per heavy atom. The molecule has 8 nitrogen and oxygen atoms in total. The molecule has 2 aliphatic rings. The minimum atomic E-state index is 0.0256. The second-order valence-corrected chi connectivity index (χ2v) is 14.4. The van der Waals surface area contributed by atoms with Gasteiger partial charge in [0.25, 0.3) is 0 Å². The molecule has 0 saturated carbocycles. The van der Waals surface area contributed by atoms with Gasteiger partial charge in [-0.25, -0.2) is 9.97 Å². The number of carbonyl (C=O) groups is 2. The van der Waals surface area contributed by atoms with Crippen molar-refractivity contribution in [1.82, 2.24) is 29.7 Å². The zero-order valence-electron chi connectivity index (χ0n) is 28.5. The lowest BCUT2D eigenvalue weighted by molar-refractivity contribution is -0.133. The normalized spacial score (nSPS) is 18.1. The maximum Gasteiger partial charge on any atom is 0.223 e. The molecule has 0 spiro atoms. The molecule has 48 heavy (non-hydrogen) atoms. The zero-order chi connectivity index (χ0) is 33.4. The van der Waals surface area contributed by atoms with Crippen LogP contribution in [-0.4, -0.2) is 54.6 Å². The van der Waals surface area contributed by atoms with E-state index in [4.69, 9.17) is 9.97 Å². The van der Waals surface area contributed by atoms with Crippen LogP contribution in [0.15, 0.2) is 73.1 Å². The lowest BCUT2D eigenvalue weighted by Crippen LogP contribution is -2.31. The third-order valence-electron chi connectivity index (χ3n) is 9.81. The number of nitrogens with one attached hydrogen (secondary N) is 2. The molecule has 2 atom stereocenters. The molecule has 248 valence electrons. The van der Waals surface area contributed by atoms with Crippen molar-refractivity contribution in [3.8, 4) is 33.6 Å². The highest BCUT2D eigenvalue weighted by Gasteiger charge is 2.33. The van der Waals surface area contributed by atoms with Gasteiger partial charge in [0.05, 0.1) is 35.9 Å². The number of H-pyrrole nitrogens is 2. The van der Waals surface area contributed by atoms with E-state index in [0.29, 0.717) is 24.7 Å². The molecule has 0 bridgehead atoms. The first-order valence-corrected chi connectivity index (χ1v) is 17.6. The van der Waals surface area contributed by atoms with Gasteiger partial charge in [0.15, 0.2) is 0 Å². The number of hydrogen-bond donors (Lipinski definition) is 2. The molecular weight excluding hydrogens is 596 g/mol. The van der Waals surface area contributed by atoms with Crippen molar-refractivity contribution in [3.63, 3.8) is 0 Å². The third kappa shape index (κ3) is 6.53. The van der Waals surface area contributed by atoms with Gasteiger partial charge in [-0.3, -0.25) is 9.59 Å². The van der Waals surface area contributed by atoms with Crippen LogP contribution in [0.1, 0.15) is 90.0 Å². The molecule has 4 heterocycles. The van der Waals surface area contributed by atoms with E-state index >= 15 is 0 Å². The smallest absolute Gasteiger partial charge is 0.223 e. The van der Waals surface area contributed by atoms with Gasteiger partial charge in [-0.15, -0.1) is 0 Å². The molecular formula is C40H46N6O2. The maximum atomic E-state index is 12.8. The van der Waals surface area contributed by atoms with Gasteiger partial charge in [0, 0.05) is 31.5 Å². The summed E-state index contributed by atoms with van der Waals surface area (Å²) >= 11 is 0. The van der Waals surface area contributed by atoms with Crippen molar-refractivity contribution in [1.29, 1.82) is 0 Å². The largest absolute Gasteiger partial charge is 0.340 e.